The number of sulfone groups is 1. The average molecular weight is 344 g/mol. The molecule has 1 amide bonds. The topological polar surface area (TPSA) is 75.3 Å². The molecule has 0 saturated carbocycles. The van der Waals surface area contributed by atoms with Crippen molar-refractivity contribution in [2.45, 2.75) is 23.1 Å². The minimum atomic E-state index is -3.42. The number of carbonyl (C=O) groups is 1. The summed E-state index contributed by atoms with van der Waals surface area (Å²) in [6.07, 6.45) is 0.912. The maximum Gasteiger partial charge on any atom is 0.251 e. The molecule has 2 N–H and O–H groups in total. The zero-order valence-electron chi connectivity index (χ0n) is 13.2. The Morgan fingerprint density at radius 1 is 1.08 bits per heavy atom. The van der Waals surface area contributed by atoms with Crippen LogP contribution in [0.15, 0.2) is 59.5 Å². The van der Waals surface area contributed by atoms with Crippen LogP contribution in [0.1, 0.15) is 22.3 Å². The highest BCUT2D eigenvalue weighted by Crippen LogP contribution is 2.17. The van der Waals surface area contributed by atoms with E-state index in [-0.39, 0.29) is 22.6 Å². The summed E-state index contributed by atoms with van der Waals surface area (Å²) in [5.74, 6) is -0.219. The fourth-order valence-electron chi connectivity index (χ4n) is 2.74. The Bertz CT molecular complexity index is 796. The molecule has 0 bridgehead atoms. The molecule has 2 aromatic carbocycles. The van der Waals surface area contributed by atoms with Gasteiger partial charge in [0.25, 0.3) is 5.91 Å². The van der Waals surface area contributed by atoms with E-state index in [1.807, 2.05) is 18.2 Å². The van der Waals surface area contributed by atoms with Crippen LogP contribution >= 0.6 is 0 Å². The van der Waals surface area contributed by atoms with Gasteiger partial charge in [0.15, 0.2) is 9.84 Å². The second-order valence-electron chi connectivity index (χ2n) is 5.93. The third-order valence-corrected chi connectivity index (χ3v) is 5.77. The van der Waals surface area contributed by atoms with Gasteiger partial charge in [-0.25, -0.2) is 8.42 Å². The fraction of sp³-hybridized carbons (Fsp3) is 0.278. The summed E-state index contributed by atoms with van der Waals surface area (Å²) >= 11 is 0. The molecule has 1 atom stereocenters. The Morgan fingerprint density at radius 3 is 2.42 bits per heavy atom. The Morgan fingerprint density at radius 2 is 1.79 bits per heavy atom. The third-order valence-electron chi connectivity index (χ3n) is 4.07. The third kappa shape index (κ3) is 4.01. The average Bonchev–Trinajstić information content (AvgIpc) is 3.08. The summed E-state index contributed by atoms with van der Waals surface area (Å²) in [7, 11) is -3.42. The van der Waals surface area contributed by atoms with Gasteiger partial charge in [0.2, 0.25) is 0 Å². The van der Waals surface area contributed by atoms with E-state index in [1.54, 1.807) is 24.3 Å². The molecule has 1 heterocycles. The van der Waals surface area contributed by atoms with E-state index in [2.05, 4.69) is 10.6 Å². The van der Waals surface area contributed by atoms with Gasteiger partial charge in [-0.3, -0.25) is 4.79 Å². The fourth-order valence-corrected chi connectivity index (χ4v) is 4.09. The van der Waals surface area contributed by atoms with E-state index in [0.717, 1.165) is 25.1 Å². The van der Waals surface area contributed by atoms with Crippen LogP contribution in [-0.2, 0) is 15.6 Å². The molecule has 3 rings (SSSR count). The first-order valence-electron chi connectivity index (χ1n) is 7.93. The highest BCUT2D eigenvalue weighted by atomic mass is 32.2. The van der Waals surface area contributed by atoms with Crippen LogP contribution in [0.25, 0.3) is 0 Å². The van der Waals surface area contributed by atoms with E-state index < -0.39 is 9.84 Å². The zero-order chi connectivity index (χ0) is 17.0. The number of hydrogen-bond donors (Lipinski definition) is 2. The van der Waals surface area contributed by atoms with Crippen molar-refractivity contribution in [2.24, 2.45) is 0 Å². The second-order valence-corrected chi connectivity index (χ2v) is 7.92. The van der Waals surface area contributed by atoms with Gasteiger partial charge in [-0.15, -0.1) is 0 Å². The first kappa shape index (κ1) is 16.7. The van der Waals surface area contributed by atoms with Crippen molar-refractivity contribution in [3.8, 4) is 0 Å². The van der Waals surface area contributed by atoms with Crippen molar-refractivity contribution < 1.29 is 13.2 Å². The summed E-state index contributed by atoms with van der Waals surface area (Å²) in [6.45, 7) is 1.68. The monoisotopic (exact) mass is 344 g/mol. The van der Waals surface area contributed by atoms with Gasteiger partial charge in [0, 0.05) is 18.2 Å². The summed E-state index contributed by atoms with van der Waals surface area (Å²) in [4.78, 5) is 12.4. The Labute approximate surface area is 142 Å². The van der Waals surface area contributed by atoms with Crippen molar-refractivity contribution >= 4 is 15.7 Å². The Hall–Kier alpha value is -2.18. The van der Waals surface area contributed by atoms with Crippen molar-refractivity contribution in [3.05, 3.63) is 65.7 Å². The molecule has 0 aliphatic carbocycles. The molecule has 0 spiro atoms. The minimum Gasteiger partial charge on any atom is -0.348 e. The smallest absolute Gasteiger partial charge is 0.251 e. The summed E-state index contributed by atoms with van der Waals surface area (Å²) in [6, 6.07) is 15.3. The van der Waals surface area contributed by atoms with Crippen LogP contribution in [0.5, 0.6) is 0 Å². The zero-order valence-corrected chi connectivity index (χ0v) is 14.1. The highest BCUT2D eigenvalue weighted by molar-refractivity contribution is 7.90. The van der Waals surface area contributed by atoms with Crippen LogP contribution < -0.4 is 10.6 Å². The molecule has 5 nitrogen and oxygen atoms in total. The summed E-state index contributed by atoms with van der Waals surface area (Å²) in [5, 5.41) is 6.13. The van der Waals surface area contributed by atoms with Crippen molar-refractivity contribution in [1.29, 1.82) is 0 Å². The van der Waals surface area contributed by atoms with Gasteiger partial charge in [0.1, 0.15) is 0 Å². The van der Waals surface area contributed by atoms with Crippen molar-refractivity contribution in [3.63, 3.8) is 0 Å². The van der Waals surface area contributed by atoms with E-state index in [0.29, 0.717) is 5.56 Å². The van der Waals surface area contributed by atoms with Crippen LogP contribution in [0.2, 0.25) is 0 Å². The largest absolute Gasteiger partial charge is 0.348 e. The molecular formula is C18H20N2O3S. The molecule has 1 aliphatic heterocycles. The maximum atomic E-state index is 12.5. The normalized spacial score (nSPS) is 17.6. The van der Waals surface area contributed by atoms with Gasteiger partial charge in [0.05, 0.1) is 10.6 Å². The summed E-state index contributed by atoms with van der Waals surface area (Å²) in [5.41, 5.74) is 1.22. The molecule has 1 unspecified atom stereocenters. The van der Waals surface area contributed by atoms with E-state index in [4.69, 9.17) is 0 Å². The molecule has 24 heavy (non-hydrogen) atoms. The maximum absolute atomic E-state index is 12.5. The van der Waals surface area contributed by atoms with Crippen molar-refractivity contribution in [2.75, 3.05) is 13.1 Å². The van der Waals surface area contributed by atoms with Gasteiger partial charge in [-0.2, -0.15) is 0 Å². The quantitative estimate of drug-likeness (QED) is 0.867. The molecule has 126 valence electrons. The van der Waals surface area contributed by atoms with E-state index in [9.17, 15) is 13.2 Å². The lowest BCUT2D eigenvalue weighted by atomic mass is 10.2. The Kier molecular flexibility index (Phi) is 4.97. The number of nitrogens with one attached hydrogen (secondary N) is 2. The van der Waals surface area contributed by atoms with Crippen LogP contribution in [0.3, 0.4) is 0 Å². The number of carbonyl (C=O) groups excluding carboxylic acids is 1. The first-order valence-corrected chi connectivity index (χ1v) is 9.58. The first-order chi connectivity index (χ1) is 11.5. The van der Waals surface area contributed by atoms with Crippen molar-refractivity contribution in [1.82, 2.24) is 10.6 Å². The molecule has 6 heteroatoms. The predicted octanol–water partition coefficient (Wildman–Crippen LogP) is 1.75. The van der Waals surface area contributed by atoms with Crippen LogP contribution in [0.4, 0.5) is 0 Å². The summed E-state index contributed by atoms with van der Waals surface area (Å²) < 4.78 is 24.9. The minimum absolute atomic E-state index is 0.0485. The number of rotatable bonds is 5. The molecule has 0 aromatic heterocycles. The molecule has 1 saturated heterocycles. The Balaban J connectivity index is 1.70. The van der Waals surface area contributed by atoms with Crippen LogP contribution in [-0.4, -0.2) is 33.5 Å². The molecule has 0 radical (unpaired) electrons. The second kappa shape index (κ2) is 7.15. The number of benzene rings is 2. The number of hydrogen-bond acceptors (Lipinski definition) is 4. The SMILES string of the molecule is O=C(NC1CCNC1)c1ccc(S(=O)(=O)Cc2ccccc2)cc1. The lowest BCUT2D eigenvalue weighted by Crippen LogP contribution is -2.36. The highest BCUT2D eigenvalue weighted by Gasteiger charge is 2.19. The van der Waals surface area contributed by atoms with E-state index >= 15 is 0 Å². The number of amides is 1. The van der Waals surface area contributed by atoms with Gasteiger partial charge < -0.3 is 10.6 Å². The lowest BCUT2D eigenvalue weighted by molar-refractivity contribution is 0.0940. The molecule has 1 fully saturated rings. The van der Waals surface area contributed by atoms with Gasteiger partial charge in [-0.05, 0) is 42.8 Å². The van der Waals surface area contributed by atoms with Gasteiger partial charge >= 0.3 is 0 Å². The van der Waals surface area contributed by atoms with Crippen LogP contribution in [0, 0.1) is 0 Å². The molecular weight excluding hydrogens is 324 g/mol. The van der Waals surface area contributed by atoms with Gasteiger partial charge in [-0.1, -0.05) is 30.3 Å². The predicted molar refractivity (Wildman–Crippen MR) is 92.5 cm³/mol. The standard InChI is InChI=1S/C18H20N2O3S/c21-18(20-16-10-11-19-12-16)15-6-8-17(9-7-15)24(22,23)13-14-4-2-1-3-5-14/h1-9,16,19H,10-13H2,(H,20,21). The molecule has 1 aliphatic rings. The van der Waals surface area contributed by atoms with E-state index in [1.165, 1.54) is 12.1 Å². The molecule has 2 aromatic rings. The lowest BCUT2D eigenvalue weighted by Gasteiger charge is -2.11.